The van der Waals surface area contributed by atoms with Crippen molar-refractivity contribution < 1.29 is 19.4 Å². The number of nitrogens with zero attached hydrogens (tertiary/aromatic N) is 1. The summed E-state index contributed by atoms with van der Waals surface area (Å²) in [6, 6.07) is 6.66. The van der Waals surface area contributed by atoms with Crippen LogP contribution in [0.5, 0.6) is 0 Å². The first kappa shape index (κ1) is 17.5. The number of amides is 1. The highest BCUT2D eigenvalue weighted by Crippen LogP contribution is 2.21. The molecule has 5 nitrogen and oxygen atoms in total. The predicted octanol–water partition coefficient (Wildman–Crippen LogP) is 2.94. The zero-order chi connectivity index (χ0) is 16.7. The van der Waals surface area contributed by atoms with Gasteiger partial charge in [-0.1, -0.05) is 12.1 Å². The number of aromatic carboxylic acids is 1. The number of rotatable bonds is 7. The summed E-state index contributed by atoms with van der Waals surface area (Å²) in [4.78, 5) is 24.7. The summed E-state index contributed by atoms with van der Waals surface area (Å²) in [5.74, 6) is -0.0983. The number of carboxylic acid groups (broad SMARTS) is 1. The van der Waals surface area contributed by atoms with Gasteiger partial charge in [-0.15, -0.1) is 0 Å². The highest BCUT2D eigenvalue weighted by atomic mass is 16.5. The van der Waals surface area contributed by atoms with Crippen LogP contribution in [0.3, 0.4) is 0 Å². The lowest BCUT2D eigenvalue weighted by atomic mass is 9.94. The van der Waals surface area contributed by atoms with E-state index in [1.165, 1.54) is 0 Å². The standard InChI is InChI=1S/C18H25NO4/c1-19(13-15-5-7-16(8-6-15)18(21)22)17(20)4-2-3-14-9-11-23-12-10-14/h5-8,14H,2-4,9-13H2,1H3,(H,21,22). The number of benzene rings is 1. The van der Waals surface area contributed by atoms with Crippen LogP contribution in [0.4, 0.5) is 0 Å². The molecule has 1 saturated heterocycles. The van der Waals surface area contributed by atoms with Crippen molar-refractivity contribution in [2.24, 2.45) is 5.92 Å². The smallest absolute Gasteiger partial charge is 0.335 e. The molecule has 1 aliphatic rings. The summed E-state index contributed by atoms with van der Waals surface area (Å²) in [7, 11) is 1.79. The first-order valence-corrected chi connectivity index (χ1v) is 8.20. The Morgan fingerprint density at radius 2 is 1.87 bits per heavy atom. The summed E-state index contributed by atoms with van der Waals surface area (Å²) >= 11 is 0. The van der Waals surface area contributed by atoms with Gasteiger partial charge in [0.15, 0.2) is 0 Å². The summed E-state index contributed by atoms with van der Waals surface area (Å²) in [6.07, 6.45) is 4.81. The van der Waals surface area contributed by atoms with Gasteiger partial charge in [0.2, 0.25) is 5.91 Å². The van der Waals surface area contributed by atoms with Crippen molar-refractivity contribution in [1.29, 1.82) is 0 Å². The first-order chi connectivity index (χ1) is 11.1. The quantitative estimate of drug-likeness (QED) is 0.839. The summed E-state index contributed by atoms with van der Waals surface area (Å²) in [5.41, 5.74) is 1.20. The molecule has 0 atom stereocenters. The number of carboxylic acids is 1. The Balaban J connectivity index is 1.72. The number of carbonyl (C=O) groups excluding carboxylic acids is 1. The van der Waals surface area contributed by atoms with Crippen LogP contribution in [0, 0.1) is 5.92 Å². The molecule has 2 rings (SSSR count). The number of carbonyl (C=O) groups is 2. The Labute approximate surface area is 137 Å². The molecule has 0 unspecified atom stereocenters. The fourth-order valence-electron chi connectivity index (χ4n) is 2.88. The molecule has 1 aromatic carbocycles. The summed E-state index contributed by atoms with van der Waals surface area (Å²) < 4.78 is 5.34. The van der Waals surface area contributed by atoms with Crippen LogP contribution >= 0.6 is 0 Å². The zero-order valence-electron chi connectivity index (χ0n) is 13.7. The van der Waals surface area contributed by atoms with E-state index in [-0.39, 0.29) is 11.5 Å². The predicted molar refractivity (Wildman–Crippen MR) is 87.3 cm³/mol. The van der Waals surface area contributed by atoms with Crippen molar-refractivity contribution in [3.63, 3.8) is 0 Å². The van der Waals surface area contributed by atoms with Crippen molar-refractivity contribution in [3.05, 3.63) is 35.4 Å². The van der Waals surface area contributed by atoms with Crippen molar-refractivity contribution in [2.45, 2.75) is 38.6 Å². The number of hydrogen-bond donors (Lipinski definition) is 1. The van der Waals surface area contributed by atoms with Gasteiger partial charge < -0.3 is 14.7 Å². The Hall–Kier alpha value is -1.88. The van der Waals surface area contributed by atoms with Crippen molar-refractivity contribution in [3.8, 4) is 0 Å². The Kier molecular flexibility index (Phi) is 6.59. The van der Waals surface area contributed by atoms with Gasteiger partial charge in [-0.25, -0.2) is 4.79 Å². The number of ether oxygens (including phenoxy) is 1. The fraction of sp³-hybridized carbons (Fsp3) is 0.556. The van der Waals surface area contributed by atoms with E-state index in [1.54, 1.807) is 36.2 Å². The van der Waals surface area contributed by atoms with Gasteiger partial charge in [-0.2, -0.15) is 0 Å². The highest BCUT2D eigenvalue weighted by Gasteiger charge is 2.15. The van der Waals surface area contributed by atoms with Crippen LogP contribution in [0.25, 0.3) is 0 Å². The average molecular weight is 319 g/mol. The molecule has 5 heteroatoms. The molecule has 0 aliphatic carbocycles. The molecule has 0 saturated carbocycles. The van der Waals surface area contributed by atoms with Gasteiger partial charge in [-0.3, -0.25) is 4.79 Å². The first-order valence-electron chi connectivity index (χ1n) is 8.20. The molecule has 1 aliphatic heterocycles. The van der Waals surface area contributed by atoms with Gasteiger partial charge in [-0.05, 0) is 49.3 Å². The molecule has 1 aromatic rings. The molecule has 0 bridgehead atoms. The fourth-order valence-corrected chi connectivity index (χ4v) is 2.88. The van der Waals surface area contributed by atoms with Crippen LogP contribution in [-0.4, -0.2) is 42.1 Å². The molecule has 23 heavy (non-hydrogen) atoms. The van der Waals surface area contributed by atoms with E-state index in [0.29, 0.717) is 18.9 Å². The molecule has 0 spiro atoms. The molecule has 1 fully saturated rings. The third kappa shape index (κ3) is 5.67. The normalized spacial score (nSPS) is 15.3. The number of hydrogen-bond acceptors (Lipinski definition) is 3. The minimum Gasteiger partial charge on any atom is -0.478 e. The van der Waals surface area contributed by atoms with E-state index in [0.717, 1.165) is 44.5 Å². The van der Waals surface area contributed by atoms with Crippen LogP contribution in [0.15, 0.2) is 24.3 Å². The second kappa shape index (κ2) is 8.67. The Morgan fingerprint density at radius 1 is 1.22 bits per heavy atom. The molecule has 1 heterocycles. The molecular weight excluding hydrogens is 294 g/mol. The topological polar surface area (TPSA) is 66.8 Å². The van der Waals surface area contributed by atoms with E-state index < -0.39 is 5.97 Å². The van der Waals surface area contributed by atoms with Crippen LogP contribution in [-0.2, 0) is 16.1 Å². The largest absolute Gasteiger partial charge is 0.478 e. The lowest BCUT2D eigenvalue weighted by Crippen LogP contribution is -2.26. The van der Waals surface area contributed by atoms with Crippen LogP contribution in [0.1, 0.15) is 48.0 Å². The molecule has 126 valence electrons. The van der Waals surface area contributed by atoms with Gasteiger partial charge in [0.1, 0.15) is 0 Å². The van der Waals surface area contributed by atoms with E-state index in [1.807, 2.05) is 0 Å². The maximum absolute atomic E-state index is 12.2. The maximum atomic E-state index is 12.2. The summed E-state index contributed by atoms with van der Waals surface area (Å²) in [6.45, 7) is 2.21. The van der Waals surface area contributed by atoms with E-state index in [2.05, 4.69) is 0 Å². The second-order valence-electron chi connectivity index (χ2n) is 6.20. The van der Waals surface area contributed by atoms with Gasteiger partial charge in [0.05, 0.1) is 5.56 Å². The molecule has 1 amide bonds. The minimum atomic E-state index is -0.936. The molecule has 0 radical (unpaired) electrons. The minimum absolute atomic E-state index is 0.138. The van der Waals surface area contributed by atoms with E-state index in [9.17, 15) is 9.59 Å². The third-order valence-corrected chi connectivity index (χ3v) is 4.39. The highest BCUT2D eigenvalue weighted by molar-refractivity contribution is 5.87. The lowest BCUT2D eigenvalue weighted by Gasteiger charge is -2.22. The Morgan fingerprint density at radius 3 is 2.48 bits per heavy atom. The SMILES string of the molecule is CN(Cc1ccc(C(=O)O)cc1)C(=O)CCCC1CCOCC1. The lowest BCUT2D eigenvalue weighted by molar-refractivity contribution is -0.130. The zero-order valence-corrected chi connectivity index (χ0v) is 13.7. The van der Waals surface area contributed by atoms with E-state index >= 15 is 0 Å². The average Bonchev–Trinajstić information content (AvgIpc) is 2.56. The molecule has 1 N–H and O–H groups in total. The van der Waals surface area contributed by atoms with Crippen molar-refractivity contribution in [1.82, 2.24) is 4.90 Å². The van der Waals surface area contributed by atoms with Crippen LogP contribution < -0.4 is 0 Å². The Bertz CT molecular complexity index is 520. The monoisotopic (exact) mass is 319 g/mol. The van der Waals surface area contributed by atoms with Crippen LogP contribution in [0.2, 0.25) is 0 Å². The molecular formula is C18H25NO4. The second-order valence-corrected chi connectivity index (χ2v) is 6.20. The van der Waals surface area contributed by atoms with Gasteiger partial charge in [0.25, 0.3) is 0 Å². The third-order valence-electron chi connectivity index (χ3n) is 4.39. The van der Waals surface area contributed by atoms with E-state index in [4.69, 9.17) is 9.84 Å². The van der Waals surface area contributed by atoms with Gasteiger partial charge in [0, 0.05) is 33.2 Å². The maximum Gasteiger partial charge on any atom is 0.335 e. The van der Waals surface area contributed by atoms with Crippen molar-refractivity contribution >= 4 is 11.9 Å². The van der Waals surface area contributed by atoms with Crippen molar-refractivity contribution in [2.75, 3.05) is 20.3 Å². The van der Waals surface area contributed by atoms with Gasteiger partial charge >= 0.3 is 5.97 Å². The summed E-state index contributed by atoms with van der Waals surface area (Å²) in [5, 5.41) is 8.88. The molecule has 0 aromatic heterocycles.